The zero-order valence-electron chi connectivity index (χ0n) is 12.5. The molecule has 1 heterocycles. The SMILES string of the molecule is CN(CC(=O)NC1(C)CCS(=O)(=O)C1)C1CCCCC1. The van der Waals surface area contributed by atoms with E-state index in [2.05, 4.69) is 10.2 Å². The van der Waals surface area contributed by atoms with Crippen molar-refractivity contribution in [1.82, 2.24) is 10.2 Å². The number of hydrogen-bond acceptors (Lipinski definition) is 4. The third kappa shape index (κ3) is 4.19. The van der Waals surface area contributed by atoms with Gasteiger partial charge in [-0.05, 0) is 33.2 Å². The van der Waals surface area contributed by atoms with E-state index < -0.39 is 15.4 Å². The molecule has 0 aromatic rings. The molecule has 0 aromatic carbocycles. The van der Waals surface area contributed by atoms with Gasteiger partial charge < -0.3 is 5.32 Å². The summed E-state index contributed by atoms with van der Waals surface area (Å²) in [6, 6.07) is 0.495. The highest BCUT2D eigenvalue weighted by molar-refractivity contribution is 7.91. The Kier molecular flexibility index (Phi) is 4.74. The monoisotopic (exact) mass is 302 g/mol. The maximum atomic E-state index is 12.1. The van der Waals surface area contributed by atoms with Crippen LogP contribution in [0.5, 0.6) is 0 Å². The summed E-state index contributed by atoms with van der Waals surface area (Å²) >= 11 is 0. The number of nitrogens with zero attached hydrogens (tertiary/aromatic N) is 1. The number of sulfone groups is 1. The summed E-state index contributed by atoms with van der Waals surface area (Å²) in [6.45, 7) is 2.19. The van der Waals surface area contributed by atoms with Gasteiger partial charge in [0.05, 0.1) is 23.6 Å². The highest BCUT2D eigenvalue weighted by Crippen LogP contribution is 2.23. The molecule has 1 aliphatic heterocycles. The van der Waals surface area contributed by atoms with Gasteiger partial charge in [-0.15, -0.1) is 0 Å². The number of hydrogen-bond donors (Lipinski definition) is 1. The van der Waals surface area contributed by atoms with Crippen molar-refractivity contribution in [3.8, 4) is 0 Å². The minimum Gasteiger partial charge on any atom is -0.349 e. The van der Waals surface area contributed by atoms with E-state index in [9.17, 15) is 13.2 Å². The summed E-state index contributed by atoms with van der Waals surface area (Å²) in [4.78, 5) is 14.2. The van der Waals surface area contributed by atoms with Gasteiger partial charge >= 0.3 is 0 Å². The first-order chi connectivity index (χ1) is 9.30. The fraction of sp³-hybridized carbons (Fsp3) is 0.929. The molecule has 1 saturated carbocycles. The quantitative estimate of drug-likeness (QED) is 0.839. The smallest absolute Gasteiger partial charge is 0.234 e. The molecule has 2 fully saturated rings. The molecule has 0 radical (unpaired) electrons. The normalized spacial score (nSPS) is 30.6. The summed E-state index contributed by atoms with van der Waals surface area (Å²) in [6.07, 6.45) is 6.63. The minimum atomic E-state index is -2.98. The van der Waals surface area contributed by atoms with Crippen LogP contribution < -0.4 is 5.32 Å². The fourth-order valence-corrected chi connectivity index (χ4v) is 5.46. The van der Waals surface area contributed by atoms with Gasteiger partial charge in [0.1, 0.15) is 0 Å². The van der Waals surface area contributed by atoms with Crippen molar-refractivity contribution in [2.45, 2.75) is 57.0 Å². The van der Waals surface area contributed by atoms with Crippen molar-refractivity contribution in [1.29, 1.82) is 0 Å². The Morgan fingerprint density at radius 2 is 1.95 bits per heavy atom. The Hall–Kier alpha value is -0.620. The number of likely N-dealkylation sites (N-methyl/N-ethyl adjacent to an activating group) is 1. The average molecular weight is 302 g/mol. The lowest BCUT2D eigenvalue weighted by atomic mass is 9.94. The first-order valence-corrected chi connectivity index (χ1v) is 9.33. The standard InChI is InChI=1S/C14H26N2O3S/c1-14(8-9-20(18,19)11-14)15-13(17)10-16(2)12-6-4-3-5-7-12/h12H,3-11H2,1-2H3,(H,15,17). The van der Waals surface area contributed by atoms with Gasteiger partial charge in [0.25, 0.3) is 0 Å². The second-order valence-corrected chi connectivity index (χ2v) is 8.84. The number of carbonyl (C=O) groups excluding carboxylic acids is 1. The first-order valence-electron chi connectivity index (χ1n) is 7.51. The van der Waals surface area contributed by atoms with E-state index in [1.165, 1.54) is 19.3 Å². The van der Waals surface area contributed by atoms with Crippen molar-refractivity contribution < 1.29 is 13.2 Å². The molecule has 1 unspecified atom stereocenters. The largest absolute Gasteiger partial charge is 0.349 e. The van der Waals surface area contributed by atoms with Crippen LogP contribution in [0, 0.1) is 0 Å². The molecule has 5 nitrogen and oxygen atoms in total. The van der Waals surface area contributed by atoms with E-state index in [0.29, 0.717) is 19.0 Å². The highest BCUT2D eigenvalue weighted by Gasteiger charge is 2.39. The van der Waals surface area contributed by atoms with Crippen LogP contribution in [0.1, 0.15) is 45.4 Å². The van der Waals surface area contributed by atoms with E-state index in [0.717, 1.165) is 12.8 Å². The van der Waals surface area contributed by atoms with Crippen LogP contribution >= 0.6 is 0 Å². The summed E-state index contributed by atoms with van der Waals surface area (Å²) in [5.74, 6) is 0.193. The van der Waals surface area contributed by atoms with Crippen LogP contribution in [-0.2, 0) is 14.6 Å². The zero-order chi connectivity index (χ0) is 14.8. The number of amides is 1. The Labute approximate surface area is 122 Å². The summed E-state index contributed by atoms with van der Waals surface area (Å²) < 4.78 is 23.1. The van der Waals surface area contributed by atoms with E-state index >= 15 is 0 Å². The predicted octanol–water partition coefficient (Wildman–Crippen LogP) is 0.944. The van der Waals surface area contributed by atoms with Gasteiger partial charge in [-0.25, -0.2) is 8.42 Å². The van der Waals surface area contributed by atoms with Crippen molar-refractivity contribution in [3.63, 3.8) is 0 Å². The molecule has 2 rings (SSSR count). The average Bonchev–Trinajstić information content (AvgIpc) is 2.64. The minimum absolute atomic E-state index is 0.0577. The summed E-state index contributed by atoms with van der Waals surface area (Å²) in [7, 11) is -0.987. The number of rotatable bonds is 4. The van der Waals surface area contributed by atoms with Crippen LogP contribution in [0.15, 0.2) is 0 Å². The van der Waals surface area contributed by atoms with Crippen LogP contribution in [-0.4, -0.2) is 55.9 Å². The number of nitrogens with one attached hydrogen (secondary N) is 1. The maximum Gasteiger partial charge on any atom is 0.234 e. The molecule has 0 spiro atoms. The van der Waals surface area contributed by atoms with Gasteiger partial charge in [0, 0.05) is 6.04 Å². The molecule has 20 heavy (non-hydrogen) atoms. The molecule has 1 atom stereocenters. The Bertz CT molecular complexity index is 457. The van der Waals surface area contributed by atoms with E-state index in [1.54, 1.807) is 0 Å². The van der Waals surface area contributed by atoms with Crippen LogP contribution in [0.3, 0.4) is 0 Å². The van der Waals surface area contributed by atoms with Crippen LogP contribution in [0.25, 0.3) is 0 Å². The van der Waals surface area contributed by atoms with Crippen LogP contribution in [0.4, 0.5) is 0 Å². The van der Waals surface area contributed by atoms with Crippen molar-refractivity contribution in [2.75, 3.05) is 25.1 Å². The molecule has 1 saturated heterocycles. The van der Waals surface area contributed by atoms with Crippen LogP contribution in [0.2, 0.25) is 0 Å². The maximum absolute atomic E-state index is 12.1. The first kappa shape index (κ1) is 15.8. The molecule has 1 amide bonds. The Morgan fingerprint density at radius 1 is 1.30 bits per heavy atom. The molecule has 1 aliphatic carbocycles. The van der Waals surface area contributed by atoms with Gasteiger partial charge in [-0.3, -0.25) is 9.69 Å². The Morgan fingerprint density at radius 3 is 2.50 bits per heavy atom. The molecular weight excluding hydrogens is 276 g/mol. The van der Waals surface area contributed by atoms with Crippen molar-refractivity contribution >= 4 is 15.7 Å². The summed E-state index contributed by atoms with van der Waals surface area (Å²) in [5.41, 5.74) is -0.580. The van der Waals surface area contributed by atoms with Crippen molar-refractivity contribution in [2.24, 2.45) is 0 Å². The van der Waals surface area contributed by atoms with Gasteiger partial charge in [-0.2, -0.15) is 0 Å². The second-order valence-electron chi connectivity index (χ2n) is 6.66. The lowest BCUT2D eigenvalue weighted by Gasteiger charge is -2.32. The lowest BCUT2D eigenvalue weighted by molar-refractivity contribution is -0.124. The molecule has 6 heteroatoms. The molecule has 1 N–H and O–H groups in total. The second kappa shape index (κ2) is 6.02. The lowest BCUT2D eigenvalue weighted by Crippen LogP contribution is -2.51. The zero-order valence-corrected chi connectivity index (χ0v) is 13.3. The third-order valence-corrected chi connectivity index (χ3v) is 6.44. The van der Waals surface area contributed by atoms with E-state index in [-0.39, 0.29) is 17.4 Å². The predicted molar refractivity (Wildman–Crippen MR) is 79.3 cm³/mol. The topological polar surface area (TPSA) is 66.5 Å². The molecular formula is C14H26N2O3S. The van der Waals surface area contributed by atoms with Crippen molar-refractivity contribution in [3.05, 3.63) is 0 Å². The molecule has 116 valence electrons. The highest BCUT2D eigenvalue weighted by atomic mass is 32.2. The third-order valence-electron chi connectivity index (χ3n) is 4.54. The molecule has 0 bridgehead atoms. The number of carbonyl (C=O) groups is 1. The summed E-state index contributed by atoms with van der Waals surface area (Å²) in [5, 5.41) is 2.92. The van der Waals surface area contributed by atoms with E-state index in [1.807, 2.05) is 14.0 Å². The molecule has 2 aliphatic rings. The van der Waals surface area contributed by atoms with Gasteiger partial charge in [0.15, 0.2) is 9.84 Å². The van der Waals surface area contributed by atoms with E-state index in [4.69, 9.17) is 0 Å². The fourth-order valence-electron chi connectivity index (χ4n) is 3.36. The van der Waals surface area contributed by atoms with Gasteiger partial charge in [0.2, 0.25) is 5.91 Å². The molecule has 0 aromatic heterocycles. The van der Waals surface area contributed by atoms with Gasteiger partial charge in [-0.1, -0.05) is 19.3 Å². The Balaban J connectivity index is 1.83.